The maximum Gasteiger partial charge on any atom is 0.416 e. The van der Waals surface area contributed by atoms with Crippen molar-refractivity contribution in [3.05, 3.63) is 82.4 Å². The number of aliphatic hydroxyl groups excluding tert-OH is 1. The van der Waals surface area contributed by atoms with E-state index in [0.717, 1.165) is 35.0 Å². The van der Waals surface area contributed by atoms with Gasteiger partial charge in [-0.25, -0.2) is 17.2 Å². The summed E-state index contributed by atoms with van der Waals surface area (Å²) in [6, 6.07) is 4.08. The number of allylic oxidation sites excluding steroid dienone is 1. The predicted molar refractivity (Wildman–Crippen MR) is 163 cm³/mol. The molecule has 250 valence electrons. The van der Waals surface area contributed by atoms with Gasteiger partial charge in [-0.3, -0.25) is 4.79 Å². The molecular formula is C32H42F5N3O4S. The lowest BCUT2D eigenvalue weighted by molar-refractivity contribution is -0.137. The van der Waals surface area contributed by atoms with E-state index in [2.05, 4.69) is 10.6 Å². The summed E-state index contributed by atoms with van der Waals surface area (Å²) in [5, 5.41) is 16.8. The highest BCUT2D eigenvalue weighted by molar-refractivity contribution is 7.89. The lowest BCUT2D eigenvalue weighted by Gasteiger charge is -2.30. The first-order valence-corrected chi connectivity index (χ1v) is 16.8. The van der Waals surface area contributed by atoms with Crippen LogP contribution in [0.25, 0.3) is 0 Å². The molecule has 0 saturated heterocycles. The molecular weight excluding hydrogens is 617 g/mol. The first-order valence-electron chi connectivity index (χ1n) is 15.1. The minimum absolute atomic E-state index is 0.0111. The third-order valence-corrected chi connectivity index (χ3v) is 9.84. The topological polar surface area (TPSA) is 98.7 Å². The number of nitrogens with one attached hydrogen (secondary N) is 2. The molecule has 0 radical (unpaired) electrons. The average molecular weight is 660 g/mol. The number of alkyl halides is 3. The summed E-state index contributed by atoms with van der Waals surface area (Å²) in [6.45, 7) is 1.75. The Morgan fingerprint density at radius 3 is 2.40 bits per heavy atom. The van der Waals surface area contributed by atoms with Crippen LogP contribution >= 0.6 is 0 Å². The highest BCUT2D eigenvalue weighted by atomic mass is 32.2. The Hall–Kier alpha value is -2.87. The molecule has 1 amide bonds. The van der Waals surface area contributed by atoms with Gasteiger partial charge in [-0.05, 0) is 79.5 Å². The molecule has 0 bridgehead atoms. The number of likely N-dealkylation sites (N-methyl/N-ethyl adjacent to an activating group) is 1. The molecule has 45 heavy (non-hydrogen) atoms. The van der Waals surface area contributed by atoms with Crippen LogP contribution in [0.4, 0.5) is 22.0 Å². The van der Waals surface area contributed by atoms with E-state index in [1.54, 1.807) is 12.2 Å². The minimum atomic E-state index is -4.53. The number of hydrogen-bond donors (Lipinski definition) is 3. The van der Waals surface area contributed by atoms with Gasteiger partial charge in [0.25, 0.3) is 0 Å². The zero-order chi connectivity index (χ0) is 33.2. The fourth-order valence-electron chi connectivity index (χ4n) is 5.30. The molecule has 0 fully saturated rings. The highest BCUT2D eigenvalue weighted by Gasteiger charge is 2.34. The Labute approximate surface area is 261 Å². The van der Waals surface area contributed by atoms with Gasteiger partial charge in [0, 0.05) is 26.2 Å². The zero-order valence-corrected chi connectivity index (χ0v) is 26.4. The molecule has 0 unspecified atom stereocenters. The van der Waals surface area contributed by atoms with Crippen molar-refractivity contribution in [2.45, 2.75) is 89.2 Å². The van der Waals surface area contributed by atoms with Gasteiger partial charge in [-0.2, -0.15) is 17.5 Å². The van der Waals surface area contributed by atoms with Crippen molar-refractivity contribution in [2.24, 2.45) is 0 Å². The number of nitrogens with zero attached hydrogens (tertiary/aromatic N) is 1. The van der Waals surface area contributed by atoms with Crippen molar-refractivity contribution in [3.8, 4) is 0 Å². The van der Waals surface area contributed by atoms with Crippen molar-refractivity contribution in [1.29, 1.82) is 0 Å². The molecule has 1 aliphatic heterocycles. The van der Waals surface area contributed by atoms with Crippen LogP contribution in [0, 0.1) is 11.6 Å². The van der Waals surface area contributed by atoms with Crippen LogP contribution < -0.4 is 10.6 Å². The van der Waals surface area contributed by atoms with Crippen molar-refractivity contribution in [1.82, 2.24) is 14.9 Å². The van der Waals surface area contributed by atoms with Crippen LogP contribution in [0.15, 0.2) is 48.6 Å². The number of aryl methyl sites for hydroxylation is 1. The maximum atomic E-state index is 14.0. The summed E-state index contributed by atoms with van der Waals surface area (Å²) >= 11 is 0. The quantitative estimate of drug-likeness (QED) is 0.204. The Morgan fingerprint density at radius 2 is 1.73 bits per heavy atom. The highest BCUT2D eigenvalue weighted by Crippen LogP contribution is 2.31. The normalized spacial score (nSPS) is 21.7. The number of halogens is 5. The molecule has 2 aromatic carbocycles. The zero-order valence-electron chi connectivity index (χ0n) is 25.5. The number of aliphatic hydroxyl groups is 1. The van der Waals surface area contributed by atoms with E-state index in [0.29, 0.717) is 49.3 Å². The SMILES string of the molecule is CCCCCS(=O)(=O)N(C)[C@H]1C/C=C/CCCc2ccc(C(F)(F)F)cc2CNC[C@@H](O)[C@H](Cc2cc(F)cc(F)c2)NC1=O. The number of sulfonamides is 1. The van der Waals surface area contributed by atoms with Gasteiger partial charge < -0.3 is 15.7 Å². The Kier molecular flexibility index (Phi) is 13.5. The number of β-amino-alcohol motifs (C(OH)–C–C–N with tert-alkyl or cyclic N) is 1. The molecule has 3 atom stereocenters. The fraction of sp³-hybridized carbons (Fsp3) is 0.531. The van der Waals surface area contributed by atoms with E-state index >= 15 is 0 Å². The first-order chi connectivity index (χ1) is 21.2. The summed E-state index contributed by atoms with van der Waals surface area (Å²) < 4.78 is 95.6. The molecule has 2 aromatic rings. The Morgan fingerprint density at radius 1 is 1.02 bits per heavy atom. The standard InChI is InChI=1S/C32H42F5N3O4S/c1-3-4-9-14-45(43,44)40(2)29-11-8-6-5-7-10-23-12-13-25(32(35,36)37)18-24(23)20-38-21-30(41)28(39-31(29)42)17-22-15-26(33)19-27(34)16-22/h6,8,12-13,15-16,18-19,28-30,38,41H,3-5,7,9-11,14,17,20-21H2,1-2H3,(H,39,42)/b8-6+/t28-,29-,30+/m0/s1. The maximum absolute atomic E-state index is 14.0. The molecule has 13 heteroatoms. The summed E-state index contributed by atoms with van der Waals surface area (Å²) in [7, 11) is -2.49. The van der Waals surface area contributed by atoms with E-state index in [1.165, 1.54) is 13.1 Å². The van der Waals surface area contributed by atoms with Crippen LogP contribution in [-0.4, -0.2) is 61.3 Å². The summed E-state index contributed by atoms with van der Waals surface area (Å²) in [5.74, 6) is -2.54. The van der Waals surface area contributed by atoms with Crippen molar-refractivity contribution < 1.29 is 40.3 Å². The second-order valence-electron chi connectivity index (χ2n) is 11.4. The summed E-state index contributed by atoms with van der Waals surface area (Å²) in [6.07, 6.45) is 0.995. The molecule has 0 spiro atoms. The van der Waals surface area contributed by atoms with E-state index < -0.39 is 57.5 Å². The molecule has 7 nitrogen and oxygen atoms in total. The number of benzene rings is 2. The minimum Gasteiger partial charge on any atom is -0.390 e. The lowest BCUT2D eigenvalue weighted by Crippen LogP contribution is -2.55. The van der Waals surface area contributed by atoms with E-state index in [4.69, 9.17) is 0 Å². The van der Waals surface area contributed by atoms with Gasteiger partial charge in [0.1, 0.15) is 17.7 Å². The van der Waals surface area contributed by atoms with Crippen LogP contribution in [0.3, 0.4) is 0 Å². The molecule has 3 rings (SSSR count). The summed E-state index contributed by atoms with van der Waals surface area (Å²) in [5.41, 5.74) is 0.469. The monoisotopic (exact) mass is 659 g/mol. The molecule has 1 heterocycles. The van der Waals surface area contributed by atoms with Gasteiger partial charge in [0.05, 0.1) is 23.5 Å². The first kappa shape index (κ1) is 36.6. The molecule has 3 N–H and O–H groups in total. The van der Waals surface area contributed by atoms with Crippen LogP contribution in [0.1, 0.15) is 67.7 Å². The third-order valence-electron chi connectivity index (χ3n) is 7.90. The predicted octanol–water partition coefficient (Wildman–Crippen LogP) is 5.26. The number of carbonyl (C=O) groups excluding carboxylic acids is 1. The number of fused-ring (bicyclic) bond motifs is 1. The molecule has 0 aliphatic carbocycles. The average Bonchev–Trinajstić information content (AvgIpc) is 2.95. The second-order valence-corrected chi connectivity index (χ2v) is 13.6. The lowest BCUT2D eigenvalue weighted by atomic mass is 9.97. The van der Waals surface area contributed by atoms with Crippen LogP contribution in [0.5, 0.6) is 0 Å². The van der Waals surface area contributed by atoms with E-state index in [9.17, 15) is 40.3 Å². The number of amides is 1. The van der Waals surface area contributed by atoms with Gasteiger partial charge in [-0.1, -0.05) is 38.0 Å². The molecule has 0 aromatic heterocycles. The number of rotatable bonds is 8. The van der Waals surface area contributed by atoms with Crippen molar-refractivity contribution in [3.63, 3.8) is 0 Å². The van der Waals surface area contributed by atoms with Crippen LogP contribution in [0.2, 0.25) is 0 Å². The van der Waals surface area contributed by atoms with Gasteiger partial charge in [-0.15, -0.1) is 0 Å². The third kappa shape index (κ3) is 11.2. The Bertz CT molecular complexity index is 1400. The summed E-state index contributed by atoms with van der Waals surface area (Å²) in [4.78, 5) is 13.7. The van der Waals surface area contributed by atoms with Crippen molar-refractivity contribution >= 4 is 15.9 Å². The van der Waals surface area contributed by atoms with Gasteiger partial charge in [0.15, 0.2) is 0 Å². The molecule has 0 saturated carbocycles. The van der Waals surface area contributed by atoms with Gasteiger partial charge in [0.2, 0.25) is 15.9 Å². The number of unbranched alkanes of at least 4 members (excludes halogenated alkanes) is 2. The fourth-order valence-corrected chi connectivity index (χ4v) is 6.73. The smallest absolute Gasteiger partial charge is 0.390 e. The van der Waals surface area contributed by atoms with Crippen molar-refractivity contribution in [2.75, 3.05) is 19.3 Å². The number of hydrogen-bond acceptors (Lipinski definition) is 5. The van der Waals surface area contributed by atoms with E-state index in [-0.39, 0.29) is 37.2 Å². The number of carbonyl (C=O) groups is 1. The largest absolute Gasteiger partial charge is 0.416 e. The van der Waals surface area contributed by atoms with E-state index in [1.807, 2.05) is 6.92 Å². The van der Waals surface area contributed by atoms with Gasteiger partial charge >= 0.3 is 6.18 Å². The van der Waals surface area contributed by atoms with Crippen LogP contribution in [-0.2, 0) is 40.4 Å². The second kappa shape index (κ2) is 16.6. The Balaban J connectivity index is 1.95. The molecule has 1 aliphatic rings.